The molecule has 2 rings (SSSR count). The van der Waals surface area contributed by atoms with Gasteiger partial charge in [-0.15, -0.1) is 0 Å². The van der Waals surface area contributed by atoms with Crippen molar-refractivity contribution in [2.75, 3.05) is 5.32 Å². The van der Waals surface area contributed by atoms with Crippen LogP contribution in [-0.4, -0.2) is 4.99 Å². The summed E-state index contributed by atoms with van der Waals surface area (Å²) in [6.45, 7) is 2.10. The molecule has 1 atom stereocenters. The minimum Gasteiger partial charge on any atom is -0.389 e. The lowest BCUT2D eigenvalue weighted by Gasteiger charge is -2.18. The Morgan fingerprint density at radius 1 is 1.15 bits per heavy atom. The Morgan fingerprint density at radius 3 is 2.50 bits per heavy atom. The minimum atomic E-state index is 0.154. The number of rotatable bonds is 4. The monoisotopic (exact) mass is 412 g/mol. The molecule has 0 aliphatic heterocycles. The van der Waals surface area contributed by atoms with E-state index in [0.29, 0.717) is 4.99 Å². The first-order chi connectivity index (χ1) is 9.47. The lowest BCUT2D eigenvalue weighted by Crippen LogP contribution is -2.15. The van der Waals surface area contributed by atoms with Gasteiger partial charge in [0.05, 0.1) is 0 Å². The second-order valence-electron chi connectivity index (χ2n) is 4.48. The standard InChI is InChI=1S/C15H14Br2N2S/c1-9(10-3-2-4-11(16)7-10)19-14-6-5-12(17)8-13(14)15(18)20/h2-9,19H,1H3,(H2,18,20). The predicted molar refractivity (Wildman–Crippen MR) is 96.2 cm³/mol. The molecule has 0 saturated carbocycles. The Kier molecular flexibility index (Phi) is 5.18. The van der Waals surface area contributed by atoms with Crippen molar-refractivity contribution >= 4 is 54.8 Å². The summed E-state index contributed by atoms with van der Waals surface area (Å²) in [6, 6.07) is 14.2. The molecule has 0 amide bonds. The highest BCUT2D eigenvalue weighted by molar-refractivity contribution is 9.10. The van der Waals surface area contributed by atoms with Gasteiger partial charge in [0.25, 0.3) is 0 Å². The second kappa shape index (κ2) is 6.70. The number of anilines is 1. The maximum absolute atomic E-state index is 5.79. The Hall–Kier alpha value is -0.910. The Morgan fingerprint density at radius 2 is 1.85 bits per heavy atom. The van der Waals surface area contributed by atoms with Gasteiger partial charge in [-0.1, -0.05) is 56.2 Å². The van der Waals surface area contributed by atoms with Crippen LogP contribution in [0.5, 0.6) is 0 Å². The van der Waals surface area contributed by atoms with Crippen molar-refractivity contribution < 1.29 is 0 Å². The van der Waals surface area contributed by atoms with Crippen molar-refractivity contribution in [3.63, 3.8) is 0 Å². The van der Waals surface area contributed by atoms with Crippen molar-refractivity contribution in [3.8, 4) is 0 Å². The van der Waals surface area contributed by atoms with Gasteiger partial charge in [-0.05, 0) is 42.8 Å². The SMILES string of the molecule is CC(Nc1ccc(Br)cc1C(N)=S)c1cccc(Br)c1. The number of halogens is 2. The Balaban J connectivity index is 2.28. The highest BCUT2D eigenvalue weighted by Gasteiger charge is 2.10. The van der Waals surface area contributed by atoms with Gasteiger partial charge in [-0.25, -0.2) is 0 Å². The molecular weight excluding hydrogens is 400 g/mol. The molecule has 0 aromatic heterocycles. The Labute approximate surface area is 141 Å². The minimum absolute atomic E-state index is 0.154. The summed E-state index contributed by atoms with van der Waals surface area (Å²) in [5, 5.41) is 3.45. The molecule has 0 aliphatic carbocycles. The van der Waals surface area contributed by atoms with Gasteiger partial charge in [0.15, 0.2) is 0 Å². The van der Waals surface area contributed by atoms with E-state index >= 15 is 0 Å². The first kappa shape index (κ1) is 15.5. The molecule has 0 heterocycles. The van der Waals surface area contributed by atoms with Gasteiger partial charge in [0.2, 0.25) is 0 Å². The van der Waals surface area contributed by atoms with E-state index < -0.39 is 0 Å². The zero-order valence-electron chi connectivity index (χ0n) is 10.9. The van der Waals surface area contributed by atoms with E-state index in [1.165, 1.54) is 5.56 Å². The van der Waals surface area contributed by atoms with E-state index in [-0.39, 0.29) is 6.04 Å². The summed E-state index contributed by atoms with van der Waals surface area (Å²) in [7, 11) is 0. The molecule has 3 N–H and O–H groups in total. The van der Waals surface area contributed by atoms with Gasteiger partial charge >= 0.3 is 0 Å². The lowest BCUT2D eigenvalue weighted by atomic mass is 10.1. The van der Waals surface area contributed by atoms with Gasteiger partial charge in [-0.3, -0.25) is 0 Å². The van der Waals surface area contributed by atoms with Crippen LogP contribution >= 0.6 is 44.1 Å². The fourth-order valence-electron chi connectivity index (χ4n) is 1.94. The molecule has 0 fully saturated rings. The molecule has 104 valence electrons. The Bertz CT molecular complexity index is 644. The largest absolute Gasteiger partial charge is 0.389 e. The van der Waals surface area contributed by atoms with Crippen LogP contribution < -0.4 is 11.1 Å². The summed E-state index contributed by atoms with van der Waals surface area (Å²) < 4.78 is 2.02. The van der Waals surface area contributed by atoms with E-state index in [1.807, 2.05) is 30.3 Å². The molecule has 1 unspecified atom stereocenters. The van der Waals surface area contributed by atoms with Crippen LogP contribution in [0.3, 0.4) is 0 Å². The van der Waals surface area contributed by atoms with Crippen LogP contribution in [-0.2, 0) is 0 Å². The number of benzene rings is 2. The molecule has 0 aliphatic rings. The van der Waals surface area contributed by atoms with Crippen LogP contribution in [0.15, 0.2) is 51.4 Å². The third-order valence-electron chi connectivity index (χ3n) is 2.97. The maximum atomic E-state index is 5.79. The van der Waals surface area contributed by atoms with Gasteiger partial charge in [0.1, 0.15) is 4.99 Å². The van der Waals surface area contributed by atoms with Crippen LogP contribution in [0.4, 0.5) is 5.69 Å². The zero-order chi connectivity index (χ0) is 14.7. The molecule has 20 heavy (non-hydrogen) atoms. The van der Waals surface area contributed by atoms with Crippen LogP contribution in [0.1, 0.15) is 24.1 Å². The average Bonchev–Trinajstić information content (AvgIpc) is 2.40. The molecule has 2 aromatic carbocycles. The highest BCUT2D eigenvalue weighted by Crippen LogP contribution is 2.26. The molecule has 5 heteroatoms. The van der Waals surface area contributed by atoms with Crippen molar-refractivity contribution in [1.82, 2.24) is 0 Å². The predicted octanol–water partition coefficient (Wildman–Crippen LogP) is 5.02. The number of hydrogen-bond acceptors (Lipinski definition) is 2. The normalized spacial score (nSPS) is 11.9. The van der Waals surface area contributed by atoms with Crippen molar-refractivity contribution in [2.45, 2.75) is 13.0 Å². The van der Waals surface area contributed by atoms with E-state index in [0.717, 1.165) is 20.2 Å². The lowest BCUT2D eigenvalue weighted by molar-refractivity contribution is 0.883. The summed E-state index contributed by atoms with van der Waals surface area (Å²) in [4.78, 5) is 0.384. The fraction of sp³-hybridized carbons (Fsp3) is 0.133. The quantitative estimate of drug-likeness (QED) is 0.691. The number of thiocarbonyl (C=S) groups is 1. The van der Waals surface area contributed by atoms with Crippen molar-refractivity contribution in [2.24, 2.45) is 5.73 Å². The molecule has 0 bridgehead atoms. The van der Waals surface area contributed by atoms with E-state index in [4.69, 9.17) is 18.0 Å². The summed E-state index contributed by atoms with van der Waals surface area (Å²) >= 11 is 12.0. The summed E-state index contributed by atoms with van der Waals surface area (Å²) in [5.74, 6) is 0. The molecule has 0 saturated heterocycles. The first-order valence-electron chi connectivity index (χ1n) is 6.08. The van der Waals surface area contributed by atoms with Crippen molar-refractivity contribution in [1.29, 1.82) is 0 Å². The third-order valence-corrected chi connectivity index (χ3v) is 4.17. The van der Waals surface area contributed by atoms with Crippen molar-refractivity contribution in [3.05, 3.63) is 62.5 Å². The fourth-order valence-corrected chi connectivity index (χ4v) is 2.89. The van der Waals surface area contributed by atoms with Gasteiger partial charge in [0, 0.05) is 26.2 Å². The highest BCUT2D eigenvalue weighted by atomic mass is 79.9. The number of hydrogen-bond donors (Lipinski definition) is 2. The van der Waals surface area contributed by atoms with Gasteiger partial charge in [-0.2, -0.15) is 0 Å². The third kappa shape index (κ3) is 3.81. The average molecular weight is 414 g/mol. The van der Waals surface area contributed by atoms with Crippen LogP contribution in [0.25, 0.3) is 0 Å². The zero-order valence-corrected chi connectivity index (χ0v) is 14.8. The second-order valence-corrected chi connectivity index (χ2v) is 6.75. The van der Waals surface area contributed by atoms with Crippen LogP contribution in [0, 0.1) is 0 Å². The number of nitrogens with two attached hydrogens (primary N) is 1. The summed E-state index contributed by atoms with van der Waals surface area (Å²) in [5.41, 5.74) is 8.76. The maximum Gasteiger partial charge on any atom is 0.106 e. The molecule has 0 spiro atoms. The van der Waals surface area contributed by atoms with Crippen LogP contribution in [0.2, 0.25) is 0 Å². The summed E-state index contributed by atoms with van der Waals surface area (Å²) in [6.07, 6.45) is 0. The molecule has 2 aromatic rings. The number of nitrogens with one attached hydrogen (secondary N) is 1. The molecule has 2 nitrogen and oxygen atoms in total. The molecule has 0 radical (unpaired) electrons. The van der Waals surface area contributed by atoms with E-state index in [9.17, 15) is 0 Å². The smallest absolute Gasteiger partial charge is 0.106 e. The van der Waals surface area contributed by atoms with E-state index in [2.05, 4.69) is 56.2 Å². The van der Waals surface area contributed by atoms with E-state index in [1.54, 1.807) is 0 Å². The molecular formula is C15H14Br2N2S. The van der Waals surface area contributed by atoms with Gasteiger partial charge < -0.3 is 11.1 Å². The first-order valence-corrected chi connectivity index (χ1v) is 8.08. The topological polar surface area (TPSA) is 38.0 Å².